The lowest BCUT2D eigenvalue weighted by molar-refractivity contribution is 0.554. The zero-order chi connectivity index (χ0) is 22.5. The monoisotopic (exact) mass is 446 g/mol. The molecule has 168 valence electrons. The third-order valence-electron chi connectivity index (χ3n) is 7.19. The molecule has 0 unspecified atom stereocenters. The molecule has 0 saturated carbocycles. The Balaban J connectivity index is 1.19. The maximum Gasteiger partial charge on any atom is 0.132 e. The number of nitrogens with zero attached hydrogens (tertiary/aromatic N) is 4. The van der Waals surface area contributed by atoms with E-state index in [4.69, 9.17) is 5.10 Å². The Morgan fingerprint density at radius 3 is 2.56 bits per heavy atom. The van der Waals surface area contributed by atoms with Crippen LogP contribution < -0.4 is 15.5 Å². The topological polar surface area (TPSA) is 58.0 Å². The Labute approximate surface area is 198 Å². The molecule has 6 nitrogen and oxygen atoms in total. The lowest BCUT2D eigenvalue weighted by Gasteiger charge is -2.29. The second-order valence-corrected chi connectivity index (χ2v) is 9.21. The number of rotatable bonds is 4. The summed E-state index contributed by atoms with van der Waals surface area (Å²) in [6.07, 6.45) is 4.81. The van der Waals surface area contributed by atoms with E-state index in [1.807, 2.05) is 12.4 Å². The first-order valence-electron chi connectivity index (χ1n) is 12.0. The summed E-state index contributed by atoms with van der Waals surface area (Å²) >= 11 is 0. The van der Waals surface area contributed by atoms with Gasteiger partial charge in [0.1, 0.15) is 5.82 Å². The summed E-state index contributed by atoms with van der Waals surface area (Å²) < 4.78 is 2.17. The Hall–Kier alpha value is -3.90. The number of anilines is 3. The van der Waals surface area contributed by atoms with Gasteiger partial charge in [0, 0.05) is 55.2 Å². The fraction of sp³-hybridized carbons (Fsp3) is 0.214. The van der Waals surface area contributed by atoms with Gasteiger partial charge < -0.3 is 15.5 Å². The summed E-state index contributed by atoms with van der Waals surface area (Å²) in [4.78, 5) is 7.07. The molecule has 1 aliphatic heterocycles. The van der Waals surface area contributed by atoms with Crippen molar-refractivity contribution in [2.24, 2.45) is 0 Å². The van der Waals surface area contributed by atoms with Crippen molar-refractivity contribution in [3.8, 4) is 0 Å². The molecule has 7 rings (SSSR count). The lowest BCUT2D eigenvalue weighted by Crippen LogP contribution is -2.43. The first-order valence-corrected chi connectivity index (χ1v) is 12.0. The van der Waals surface area contributed by atoms with E-state index in [9.17, 15) is 0 Å². The molecule has 6 heteroatoms. The van der Waals surface area contributed by atoms with Crippen molar-refractivity contribution in [2.45, 2.75) is 12.5 Å². The highest BCUT2D eigenvalue weighted by Crippen LogP contribution is 2.40. The van der Waals surface area contributed by atoms with Crippen molar-refractivity contribution in [2.75, 3.05) is 36.4 Å². The van der Waals surface area contributed by atoms with E-state index >= 15 is 0 Å². The maximum atomic E-state index is 4.80. The summed E-state index contributed by atoms with van der Waals surface area (Å²) in [5.41, 5.74) is 6.16. The van der Waals surface area contributed by atoms with Gasteiger partial charge in [0.25, 0.3) is 0 Å². The molecule has 1 fully saturated rings. The third kappa shape index (κ3) is 3.22. The van der Waals surface area contributed by atoms with Gasteiger partial charge in [0.15, 0.2) is 0 Å². The molecule has 1 saturated heterocycles. The Morgan fingerprint density at radius 1 is 0.882 bits per heavy atom. The minimum absolute atomic E-state index is 0.201. The van der Waals surface area contributed by atoms with E-state index in [0.717, 1.165) is 55.0 Å². The fourth-order valence-corrected chi connectivity index (χ4v) is 5.52. The molecular formula is C28H26N6. The number of hydrogen-bond donors (Lipinski definition) is 2. The van der Waals surface area contributed by atoms with Crippen LogP contribution in [0, 0.1) is 0 Å². The van der Waals surface area contributed by atoms with Crippen LogP contribution in [0.1, 0.15) is 17.2 Å². The van der Waals surface area contributed by atoms with E-state index in [1.54, 1.807) is 0 Å². The number of benzene rings is 3. The summed E-state index contributed by atoms with van der Waals surface area (Å²) in [7, 11) is 0. The summed E-state index contributed by atoms with van der Waals surface area (Å²) in [5.74, 6) is 0.831. The average Bonchev–Trinajstić information content (AvgIpc) is 3.48. The van der Waals surface area contributed by atoms with Crippen LogP contribution in [-0.4, -0.2) is 40.9 Å². The highest BCUT2D eigenvalue weighted by atomic mass is 15.3. The number of aromatic nitrogens is 3. The van der Waals surface area contributed by atoms with Crippen LogP contribution in [0.5, 0.6) is 0 Å². The van der Waals surface area contributed by atoms with Crippen LogP contribution in [0.4, 0.5) is 17.2 Å². The highest BCUT2D eigenvalue weighted by molar-refractivity contribution is 5.92. The van der Waals surface area contributed by atoms with Crippen LogP contribution in [0.3, 0.4) is 0 Å². The van der Waals surface area contributed by atoms with Gasteiger partial charge in [-0.05, 0) is 52.6 Å². The van der Waals surface area contributed by atoms with E-state index < -0.39 is 0 Å². The first-order chi connectivity index (χ1) is 16.8. The predicted molar refractivity (Wildman–Crippen MR) is 138 cm³/mol. The van der Waals surface area contributed by atoms with Gasteiger partial charge in [-0.25, -0.2) is 4.98 Å². The van der Waals surface area contributed by atoms with Crippen LogP contribution in [0.2, 0.25) is 0 Å². The highest BCUT2D eigenvalue weighted by Gasteiger charge is 2.27. The SMILES string of the molecule is c1cc2c3c(cccc3c1)[C@H](n1ncc3cnc(Nc4ccc(N5CCNCC5)cc4)cc31)C2. The van der Waals surface area contributed by atoms with Gasteiger partial charge >= 0.3 is 0 Å². The molecule has 2 N–H and O–H groups in total. The molecule has 1 aliphatic carbocycles. The lowest BCUT2D eigenvalue weighted by atomic mass is 10.0. The summed E-state index contributed by atoms with van der Waals surface area (Å²) in [6.45, 7) is 4.18. The number of nitrogens with one attached hydrogen (secondary N) is 2. The third-order valence-corrected chi connectivity index (χ3v) is 7.19. The molecule has 5 aromatic rings. The van der Waals surface area contributed by atoms with Gasteiger partial charge in [-0.3, -0.25) is 4.68 Å². The van der Waals surface area contributed by atoms with Crippen LogP contribution in [-0.2, 0) is 6.42 Å². The van der Waals surface area contributed by atoms with Crippen LogP contribution >= 0.6 is 0 Å². The molecule has 0 bridgehead atoms. The molecule has 0 amide bonds. The molecular weight excluding hydrogens is 420 g/mol. The van der Waals surface area contributed by atoms with Crippen molar-refractivity contribution < 1.29 is 0 Å². The number of pyridine rings is 1. The minimum Gasteiger partial charge on any atom is -0.369 e. The normalized spacial score (nSPS) is 17.5. The van der Waals surface area contributed by atoms with Crippen molar-refractivity contribution in [1.82, 2.24) is 20.1 Å². The number of hydrogen-bond acceptors (Lipinski definition) is 5. The van der Waals surface area contributed by atoms with Crippen LogP contribution in [0.15, 0.2) is 79.1 Å². The largest absolute Gasteiger partial charge is 0.369 e. The van der Waals surface area contributed by atoms with E-state index in [2.05, 4.69) is 91.9 Å². The molecule has 2 aromatic heterocycles. The zero-order valence-corrected chi connectivity index (χ0v) is 18.9. The summed E-state index contributed by atoms with van der Waals surface area (Å²) in [5, 5.41) is 15.4. The molecule has 0 radical (unpaired) electrons. The minimum atomic E-state index is 0.201. The zero-order valence-electron chi connectivity index (χ0n) is 18.9. The second kappa shape index (κ2) is 7.85. The average molecular weight is 447 g/mol. The molecule has 34 heavy (non-hydrogen) atoms. The van der Waals surface area contributed by atoms with E-state index in [0.29, 0.717) is 0 Å². The summed E-state index contributed by atoms with van der Waals surface area (Å²) in [6, 6.07) is 24.2. The van der Waals surface area contributed by atoms with Crippen molar-refractivity contribution >= 4 is 38.9 Å². The standard InChI is InChI=1S/C28H26N6/c1-3-19-4-2-6-24-26(15-20(5-1)28(19)24)34-25-16-27(30-17-21(25)18-31-34)32-22-7-9-23(10-8-22)33-13-11-29-12-14-33/h1-10,16-18,26,29H,11-15H2,(H,30,32)/t26-/m1/s1. The molecule has 0 spiro atoms. The van der Waals surface area contributed by atoms with Crippen molar-refractivity contribution in [1.29, 1.82) is 0 Å². The number of fused-ring (bicyclic) bond motifs is 1. The molecule has 3 aromatic carbocycles. The molecule has 3 heterocycles. The van der Waals surface area contributed by atoms with Crippen molar-refractivity contribution in [3.63, 3.8) is 0 Å². The molecule has 1 atom stereocenters. The van der Waals surface area contributed by atoms with Gasteiger partial charge in [0.05, 0.1) is 17.8 Å². The van der Waals surface area contributed by atoms with Gasteiger partial charge in [-0.2, -0.15) is 5.10 Å². The smallest absolute Gasteiger partial charge is 0.132 e. The van der Waals surface area contributed by atoms with E-state index in [1.165, 1.54) is 27.6 Å². The second-order valence-electron chi connectivity index (χ2n) is 9.21. The Kier molecular flexibility index (Phi) is 4.52. The fourth-order valence-electron chi connectivity index (χ4n) is 5.52. The van der Waals surface area contributed by atoms with Gasteiger partial charge in [-0.1, -0.05) is 36.4 Å². The predicted octanol–water partition coefficient (Wildman–Crippen LogP) is 4.88. The first kappa shape index (κ1) is 19.6. The quantitative estimate of drug-likeness (QED) is 0.412. The van der Waals surface area contributed by atoms with Crippen molar-refractivity contribution in [3.05, 3.63) is 90.3 Å². The van der Waals surface area contributed by atoms with Gasteiger partial charge in [-0.15, -0.1) is 0 Å². The Morgan fingerprint density at radius 2 is 1.71 bits per heavy atom. The van der Waals surface area contributed by atoms with Gasteiger partial charge in [0.2, 0.25) is 0 Å². The number of piperazine rings is 1. The maximum absolute atomic E-state index is 4.80. The molecule has 2 aliphatic rings. The van der Waals surface area contributed by atoms with E-state index in [-0.39, 0.29) is 6.04 Å². The Bertz CT molecular complexity index is 1490. The van der Waals surface area contributed by atoms with Crippen LogP contribution in [0.25, 0.3) is 21.7 Å².